The minimum atomic E-state index is -0.453. The number of ether oxygens (including phenoxy) is 2. The lowest BCUT2D eigenvalue weighted by Crippen LogP contribution is -2.51. The third-order valence-corrected chi connectivity index (χ3v) is 7.62. The normalized spacial score (nSPS) is 34.7. The van der Waals surface area contributed by atoms with Crippen LogP contribution in [-0.2, 0) is 9.47 Å². The van der Waals surface area contributed by atoms with Gasteiger partial charge in [0.15, 0.2) is 0 Å². The number of rotatable bonds is 8. The summed E-state index contributed by atoms with van der Waals surface area (Å²) in [5, 5.41) is 10.3. The van der Waals surface area contributed by atoms with Gasteiger partial charge in [0.1, 0.15) is 0 Å². The molecule has 4 bridgehead atoms. The van der Waals surface area contributed by atoms with Crippen molar-refractivity contribution in [1.29, 1.82) is 0 Å². The Hall–Kier alpha value is -0.560. The summed E-state index contributed by atoms with van der Waals surface area (Å²) < 4.78 is 11.0. The van der Waals surface area contributed by atoms with Crippen molar-refractivity contribution >= 4 is 18.5 Å². The maximum absolute atomic E-state index is 11.7. The Morgan fingerprint density at radius 2 is 1.66 bits per heavy atom. The standard InChI is InChI=1S/C22H38N2O4.ClH/c1-2-28-21(26)24-6-4-23(5-7-24)15-20(25)16-27-8-3-22-12-17-9-18(13-22)11-19(10-17)14-22;/h17-20,25H,2-16H2,1H3;1H. The van der Waals surface area contributed by atoms with Gasteiger partial charge in [0.25, 0.3) is 0 Å². The second-order valence-corrected chi connectivity index (χ2v) is 9.88. The molecule has 29 heavy (non-hydrogen) atoms. The van der Waals surface area contributed by atoms with Gasteiger partial charge in [-0.15, -0.1) is 12.4 Å². The average Bonchev–Trinajstić information content (AvgIpc) is 2.65. The topological polar surface area (TPSA) is 62.2 Å². The van der Waals surface area contributed by atoms with Crippen LogP contribution in [0.2, 0.25) is 0 Å². The number of aliphatic hydroxyl groups excluding tert-OH is 1. The highest BCUT2D eigenvalue weighted by atomic mass is 35.5. The Balaban J connectivity index is 0.00000240. The molecule has 0 aromatic carbocycles. The van der Waals surface area contributed by atoms with E-state index in [2.05, 4.69) is 4.90 Å². The van der Waals surface area contributed by atoms with E-state index in [0.717, 1.165) is 37.5 Å². The van der Waals surface area contributed by atoms with E-state index in [1.54, 1.807) is 4.90 Å². The average molecular weight is 431 g/mol. The maximum Gasteiger partial charge on any atom is 0.409 e. The van der Waals surface area contributed by atoms with Crippen molar-refractivity contribution in [1.82, 2.24) is 9.80 Å². The van der Waals surface area contributed by atoms with Crippen molar-refractivity contribution in [3.8, 4) is 0 Å². The third-order valence-electron chi connectivity index (χ3n) is 7.62. The Labute approximate surface area is 181 Å². The highest BCUT2D eigenvalue weighted by molar-refractivity contribution is 5.85. The van der Waals surface area contributed by atoms with Crippen LogP contribution in [0.3, 0.4) is 0 Å². The van der Waals surface area contributed by atoms with E-state index >= 15 is 0 Å². The molecule has 7 heteroatoms. The molecule has 168 valence electrons. The summed E-state index contributed by atoms with van der Waals surface area (Å²) in [5.74, 6) is 2.97. The molecule has 1 aliphatic heterocycles. The molecule has 4 aliphatic carbocycles. The fourth-order valence-corrected chi connectivity index (χ4v) is 6.78. The molecule has 1 amide bonds. The molecule has 4 saturated carbocycles. The molecule has 0 radical (unpaired) electrons. The van der Waals surface area contributed by atoms with E-state index in [9.17, 15) is 9.90 Å². The van der Waals surface area contributed by atoms with Crippen LogP contribution in [-0.4, -0.2) is 79.6 Å². The van der Waals surface area contributed by atoms with Crippen LogP contribution in [0.15, 0.2) is 0 Å². The first-order valence-electron chi connectivity index (χ1n) is 11.4. The minimum absolute atomic E-state index is 0. The molecule has 5 fully saturated rings. The largest absolute Gasteiger partial charge is 0.450 e. The first-order chi connectivity index (χ1) is 13.5. The molecule has 1 atom stereocenters. The molecule has 1 unspecified atom stereocenters. The number of β-amino-alcohol motifs (C(OH)–C–C–N with tert-alkyl or cyclic N) is 1. The van der Waals surface area contributed by atoms with E-state index in [0.29, 0.717) is 38.3 Å². The molecule has 1 N–H and O–H groups in total. The first kappa shape index (κ1) is 23.1. The van der Waals surface area contributed by atoms with Gasteiger partial charge in [-0.1, -0.05) is 0 Å². The van der Waals surface area contributed by atoms with Crippen LogP contribution in [0.5, 0.6) is 0 Å². The van der Waals surface area contributed by atoms with E-state index < -0.39 is 6.10 Å². The number of hydrogen-bond donors (Lipinski definition) is 1. The number of carbonyl (C=O) groups is 1. The lowest BCUT2D eigenvalue weighted by Gasteiger charge is -2.57. The predicted octanol–water partition coefficient (Wildman–Crippen LogP) is 3.17. The number of halogens is 1. The van der Waals surface area contributed by atoms with Gasteiger partial charge in [-0.25, -0.2) is 4.79 Å². The number of aliphatic hydroxyl groups is 1. The summed E-state index contributed by atoms with van der Waals surface area (Å²) in [7, 11) is 0. The summed E-state index contributed by atoms with van der Waals surface area (Å²) in [6.45, 7) is 6.97. The molecule has 5 aliphatic rings. The van der Waals surface area contributed by atoms with Crippen molar-refractivity contribution in [3.63, 3.8) is 0 Å². The Kier molecular flexibility index (Phi) is 8.10. The fourth-order valence-electron chi connectivity index (χ4n) is 6.78. The van der Waals surface area contributed by atoms with Crippen LogP contribution in [0.1, 0.15) is 51.9 Å². The summed E-state index contributed by atoms with van der Waals surface area (Å²) >= 11 is 0. The zero-order valence-corrected chi connectivity index (χ0v) is 18.7. The van der Waals surface area contributed by atoms with Gasteiger partial charge in [-0.05, 0) is 75.0 Å². The Bertz CT molecular complexity index is 504. The third kappa shape index (κ3) is 5.78. The maximum atomic E-state index is 11.7. The van der Waals surface area contributed by atoms with Crippen molar-refractivity contribution in [2.75, 3.05) is 52.5 Å². The molecule has 1 saturated heterocycles. The summed E-state index contributed by atoms with van der Waals surface area (Å²) in [6, 6.07) is 0. The van der Waals surface area contributed by atoms with Gasteiger partial charge >= 0.3 is 6.09 Å². The number of hydrogen-bond acceptors (Lipinski definition) is 5. The number of carbonyl (C=O) groups excluding carboxylic acids is 1. The predicted molar refractivity (Wildman–Crippen MR) is 114 cm³/mol. The summed E-state index contributed by atoms with van der Waals surface area (Å²) in [5.41, 5.74) is 0.559. The molecule has 0 spiro atoms. The van der Waals surface area contributed by atoms with E-state index in [4.69, 9.17) is 9.47 Å². The van der Waals surface area contributed by atoms with Gasteiger partial charge in [-0.3, -0.25) is 4.90 Å². The lowest BCUT2D eigenvalue weighted by atomic mass is 9.49. The summed E-state index contributed by atoms with van der Waals surface area (Å²) in [4.78, 5) is 15.7. The van der Waals surface area contributed by atoms with E-state index in [-0.39, 0.29) is 18.5 Å². The second-order valence-electron chi connectivity index (χ2n) is 9.88. The second kappa shape index (κ2) is 10.2. The zero-order chi connectivity index (χ0) is 19.6. The van der Waals surface area contributed by atoms with Gasteiger partial charge in [0.2, 0.25) is 0 Å². The smallest absolute Gasteiger partial charge is 0.409 e. The van der Waals surface area contributed by atoms with Crippen molar-refractivity contribution in [3.05, 3.63) is 0 Å². The van der Waals surface area contributed by atoms with E-state index in [1.807, 2.05) is 6.92 Å². The molecule has 5 rings (SSSR count). The summed E-state index contributed by atoms with van der Waals surface area (Å²) in [6.07, 6.45) is 9.25. The first-order valence-corrected chi connectivity index (χ1v) is 11.4. The number of piperazine rings is 1. The van der Waals surface area contributed by atoms with Crippen LogP contribution in [0, 0.1) is 23.2 Å². The monoisotopic (exact) mass is 430 g/mol. The molecule has 1 heterocycles. The minimum Gasteiger partial charge on any atom is -0.450 e. The van der Waals surface area contributed by atoms with Crippen molar-refractivity contribution in [2.24, 2.45) is 23.2 Å². The highest BCUT2D eigenvalue weighted by Crippen LogP contribution is 2.61. The SMILES string of the molecule is CCOC(=O)N1CCN(CC(O)COCCC23CC4CC(CC(C4)C2)C3)CC1.Cl. The molecule has 0 aromatic rings. The van der Waals surface area contributed by atoms with E-state index in [1.165, 1.54) is 44.9 Å². The Morgan fingerprint density at radius 1 is 1.07 bits per heavy atom. The number of nitrogens with zero attached hydrogens (tertiary/aromatic N) is 2. The van der Waals surface area contributed by atoms with Crippen LogP contribution >= 0.6 is 12.4 Å². The highest BCUT2D eigenvalue weighted by Gasteiger charge is 2.50. The molecule has 0 aromatic heterocycles. The van der Waals surface area contributed by atoms with Gasteiger partial charge in [0, 0.05) is 39.3 Å². The van der Waals surface area contributed by atoms with Gasteiger partial charge in [0.05, 0.1) is 19.3 Å². The fraction of sp³-hybridized carbons (Fsp3) is 0.955. The van der Waals surface area contributed by atoms with Crippen LogP contribution in [0.25, 0.3) is 0 Å². The zero-order valence-electron chi connectivity index (χ0n) is 17.9. The quantitative estimate of drug-likeness (QED) is 0.599. The van der Waals surface area contributed by atoms with Gasteiger partial charge in [-0.2, -0.15) is 0 Å². The molecule has 6 nitrogen and oxygen atoms in total. The van der Waals surface area contributed by atoms with Crippen molar-refractivity contribution in [2.45, 2.75) is 58.0 Å². The van der Waals surface area contributed by atoms with Crippen LogP contribution < -0.4 is 0 Å². The molecular formula is C22H39ClN2O4. The van der Waals surface area contributed by atoms with Gasteiger partial charge < -0.3 is 19.5 Å². The number of amides is 1. The van der Waals surface area contributed by atoms with Crippen LogP contribution in [0.4, 0.5) is 4.79 Å². The van der Waals surface area contributed by atoms with Crippen molar-refractivity contribution < 1.29 is 19.4 Å². The lowest BCUT2D eigenvalue weighted by molar-refractivity contribution is -0.0744. The molecular weight excluding hydrogens is 392 g/mol. The Morgan fingerprint density at radius 3 is 2.21 bits per heavy atom.